The second-order valence-electron chi connectivity index (χ2n) is 4.44. The summed E-state index contributed by atoms with van der Waals surface area (Å²) >= 11 is 0. The molecular weight excluding hydrogens is 245 g/mol. The predicted octanol–water partition coefficient (Wildman–Crippen LogP) is 1.84. The largest absolute Gasteiger partial charge is 0.351 e. The van der Waals surface area contributed by atoms with E-state index in [2.05, 4.69) is 10.3 Å². The highest BCUT2D eigenvalue weighted by Gasteiger charge is 2.11. The van der Waals surface area contributed by atoms with Crippen molar-refractivity contribution in [3.63, 3.8) is 0 Å². The zero-order chi connectivity index (χ0) is 13.8. The molecule has 2 aromatic rings. The summed E-state index contributed by atoms with van der Waals surface area (Å²) < 4.78 is 15.5. The Bertz CT molecular complexity index is 592. The van der Waals surface area contributed by atoms with E-state index < -0.39 is 11.7 Å². The molecule has 0 saturated heterocycles. The molecule has 100 valence electrons. The van der Waals surface area contributed by atoms with Crippen molar-refractivity contribution in [2.45, 2.75) is 13.3 Å². The molecule has 19 heavy (non-hydrogen) atoms. The Balaban J connectivity index is 1.93. The van der Waals surface area contributed by atoms with Crippen LogP contribution < -0.4 is 5.32 Å². The van der Waals surface area contributed by atoms with Crippen molar-refractivity contribution in [2.24, 2.45) is 7.05 Å². The van der Waals surface area contributed by atoms with Gasteiger partial charge >= 0.3 is 0 Å². The fraction of sp³-hybridized carbons (Fsp3) is 0.286. The van der Waals surface area contributed by atoms with E-state index in [9.17, 15) is 9.18 Å². The van der Waals surface area contributed by atoms with Crippen LogP contribution in [0.4, 0.5) is 4.39 Å². The smallest absolute Gasteiger partial charge is 0.254 e. The van der Waals surface area contributed by atoms with Crippen LogP contribution in [0.25, 0.3) is 0 Å². The van der Waals surface area contributed by atoms with Crippen molar-refractivity contribution in [1.29, 1.82) is 0 Å². The number of aromatic nitrogens is 2. The van der Waals surface area contributed by atoms with Gasteiger partial charge in [-0.3, -0.25) is 4.79 Å². The van der Waals surface area contributed by atoms with Crippen molar-refractivity contribution in [1.82, 2.24) is 14.9 Å². The van der Waals surface area contributed by atoms with Crippen LogP contribution in [0, 0.1) is 12.7 Å². The highest BCUT2D eigenvalue weighted by molar-refractivity contribution is 5.94. The fourth-order valence-electron chi connectivity index (χ4n) is 1.82. The number of carbonyl (C=O) groups excluding carboxylic acids is 1. The molecule has 0 spiro atoms. The Labute approximate surface area is 111 Å². The first-order chi connectivity index (χ1) is 9.08. The zero-order valence-electron chi connectivity index (χ0n) is 11.0. The summed E-state index contributed by atoms with van der Waals surface area (Å²) in [5.41, 5.74) is 0.868. The molecule has 4 nitrogen and oxygen atoms in total. The van der Waals surface area contributed by atoms with Gasteiger partial charge < -0.3 is 9.88 Å². The Morgan fingerprint density at radius 1 is 1.47 bits per heavy atom. The lowest BCUT2D eigenvalue weighted by molar-refractivity contribution is 0.0950. The van der Waals surface area contributed by atoms with Gasteiger partial charge in [0.15, 0.2) is 0 Å². The number of benzene rings is 1. The molecule has 0 bridgehead atoms. The average molecular weight is 261 g/mol. The molecule has 1 amide bonds. The Morgan fingerprint density at radius 2 is 2.26 bits per heavy atom. The molecule has 1 aromatic carbocycles. The van der Waals surface area contributed by atoms with Crippen LogP contribution in [0.2, 0.25) is 0 Å². The topological polar surface area (TPSA) is 46.9 Å². The van der Waals surface area contributed by atoms with Gasteiger partial charge in [-0.1, -0.05) is 6.07 Å². The van der Waals surface area contributed by atoms with Crippen LogP contribution in [0.1, 0.15) is 21.7 Å². The molecule has 1 aromatic heterocycles. The molecule has 0 radical (unpaired) electrons. The van der Waals surface area contributed by atoms with Crippen LogP contribution in [0.3, 0.4) is 0 Å². The number of amides is 1. The predicted molar refractivity (Wildman–Crippen MR) is 70.4 cm³/mol. The van der Waals surface area contributed by atoms with E-state index in [4.69, 9.17) is 0 Å². The fourth-order valence-corrected chi connectivity index (χ4v) is 1.82. The first-order valence-corrected chi connectivity index (χ1v) is 6.08. The monoisotopic (exact) mass is 261 g/mol. The van der Waals surface area contributed by atoms with Gasteiger partial charge in [-0.25, -0.2) is 9.37 Å². The van der Waals surface area contributed by atoms with Gasteiger partial charge in [0.2, 0.25) is 0 Å². The Hall–Kier alpha value is -2.17. The quantitative estimate of drug-likeness (QED) is 0.913. The summed E-state index contributed by atoms with van der Waals surface area (Å²) in [4.78, 5) is 16.0. The van der Waals surface area contributed by atoms with Gasteiger partial charge in [0.05, 0.1) is 5.56 Å². The third kappa shape index (κ3) is 3.19. The number of halogens is 1. The highest BCUT2D eigenvalue weighted by Crippen LogP contribution is 2.09. The number of hydrogen-bond acceptors (Lipinski definition) is 2. The molecular formula is C14H16FN3O. The van der Waals surface area contributed by atoms with Gasteiger partial charge in [0, 0.05) is 32.4 Å². The van der Waals surface area contributed by atoms with E-state index in [1.807, 2.05) is 17.8 Å². The van der Waals surface area contributed by atoms with E-state index >= 15 is 0 Å². The number of carbonyl (C=O) groups is 1. The van der Waals surface area contributed by atoms with Crippen molar-refractivity contribution in [2.75, 3.05) is 6.54 Å². The number of hydrogen-bond donors (Lipinski definition) is 1. The van der Waals surface area contributed by atoms with Gasteiger partial charge in [-0.05, 0) is 24.6 Å². The van der Waals surface area contributed by atoms with E-state index in [1.54, 1.807) is 19.2 Å². The molecule has 0 atom stereocenters. The maximum absolute atomic E-state index is 13.6. The second kappa shape index (κ2) is 5.65. The molecule has 2 rings (SSSR count). The minimum absolute atomic E-state index is 0.0745. The van der Waals surface area contributed by atoms with Gasteiger partial charge in [0.25, 0.3) is 5.91 Å². The summed E-state index contributed by atoms with van der Waals surface area (Å²) in [5, 5.41) is 2.69. The normalized spacial score (nSPS) is 10.5. The molecule has 0 saturated carbocycles. The van der Waals surface area contributed by atoms with Crippen molar-refractivity contribution in [3.05, 3.63) is 53.4 Å². The number of nitrogens with zero attached hydrogens (tertiary/aromatic N) is 2. The lowest BCUT2D eigenvalue weighted by atomic mass is 10.1. The minimum atomic E-state index is -0.491. The second-order valence-corrected chi connectivity index (χ2v) is 4.44. The van der Waals surface area contributed by atoms with Crippen LogP contribution in [-0.2, 0) is 13.5 Å². The molecule has 0 aliphatic rings. The van der Waals surface area contributed by atoms with E-state index in [-0.39, 0.29) is 5.56 Å². The van der Waals surface area contributed by atoms with Gasteiger partial charge in [-0.15, -0.1) is 0 Å². The van der Waals surface area contributed by atoms with Crippen LogP contribution >= 0.6 is 0 Å². The Kier molecular flexibility index (Phi) is 3.94. The number of aryl methyl sites for hydroxylation is 2. The van der Waals surface area contributed by atoms with E-state index in [0.29, 0.717) is 13.0 Å². The standard InChI is InChI=1S/C14H16FN3O/c1-10-3-4-11(12(15)9-10)14(19)17-6-5-13-16-7-8-18(13)2/h3-4,7-9H,5-6H2,1-2H3,(H,17,19). The molecule has 5 heteroatoms. The average Bonchev–Trinajstić information content (AvgIpc) is 2.75. The van der Waals surface area contributed by atoms with E-state index in [0.717, 1.165) is 11.4 Å². The van der Waals surface area contributed by atoms with Gasteiger partial charge in [0.1, 0.15) is 11.6 Å². The molecule has 1 heterocycles. The minimum Gasteiger partial charge on any atom is -0.351 e. The first kappa shape index (κ1) is 13.3. The number of rotatable bonds is 4. The van der Waals surface area contributed by atoms with Crippen molar-refractivity contribution in [3.8, 4) is 0 Å². The molecule has 1 N–H and O–H groups in total. The number of imidazole rings is 1. The SMILES string of the molecule is Cc1ccc(C(=O)NCCc2nccn2C)c(F)c1. The molecule has 0 aliphatic heterocycles. The molecule has 0 fully saturated rings. The van der Waals surface area contributed by atoms with Crippen LogP contribution in [0.15, 0.2) is 30.6 Å². The Morgan fingerprint density at radius 3 is 2.89 bits per heavy atom. The van der Waals surface area contributed by atoms with Crippen LogP contribution in [-0.4, -0.2) is 22.0 Å². The lowest BCUT2D eigenvalue weighted by Crippen LogP contribution is -2.27. The van der Waals surface area contributed by atoms with Crippen LogP contribution in [0.5, 0.6) is 0 Å². The first-order valence-electron chi connectivity index (χ1n) is 6.08. The lowest BCUT2D eigenvalue weighted by Gasteiger charge is -2.06. The highest BCUT2D eigenvalue weighted by atomic mass is 19.1. The van der Waals surface area contributed by atoms with E-state index in [1.165, 1.54) is 12.1 Å². The summed E-state index contributed by atoms with van der Waals surface area (Å²) in [6.45, 7) is 2.21. The maximum atomic E-state index is 13.6. The third-order valence-corrected chi connectivity index (χ3v) is 2.92. The molecule has 0 aliphatic carbocycles. The summed E-state index contributed by atoms with van der Waals surface area (Å²) in [5.74, 6) is -0.00845. The number of nitrogens with one attached hydrogen (secondary N) is 1. The molecule has 0 unspecified atom stereocenters. The van der Waals surface area contributed by atoms with Crippen molar-refractivity contribution >= 4 is 5.91 Å². The van der Waals surface area contributed by atoms with Gasteiger partial charge in [-0.2, -0.15) is 0 Å². The third-order valence-electron chi connectivity index (χ3n) is 2.92. The zero-order valence-corrected chi connectivity index (χ0v) is 11.0. The summed E-state index contributed by atoms with van der Waals surface area (Å²) in [6.07, 6.45) is 4.16. The summed E-state index contributed by atoms with van der Waals surface area (Å²) in [7, 11) is 1.89. The van der Waals surface area contributed by atoms with Crippen molar-refractivity contribution < 1.29 is 9.18 Å². The summed E-state index contributed by atoms with van der Waals surface area (Å²) in [6, 6.07) is 4.57. The maximum Gasteiger partial charge on any atom is 0.254 e.